The molecule has 0 spiro atoms. The van der Waals surface area contributed by atoms with Crippen molar-refractivity contribution in [3.8, 4) is 0 Å². The van der Waals surface area contributed by atoms with Crippen molar-refractivity contribution in [1.29, 1.82) is 0 Å². The van der Waals surface area contributed by atoms with Gasteiger partial charge in [-0.25, -0.2) is 0 Å². The lowest BCUT2D eigenvalue weighted by molar-refractivity contribution is 0.0305. The smallest absolute Gasteiger partial charge is 0.0500 e. The summed E-state index contributed by atoms with van der Waals surface area (Å²) in [6.07, 6.45) is 0. The molecular weight excluding hydrogens is 260 g/mol. The van der Waals surface area contributed by atoms with Crippen molar-refractivity contribution in [2.24, 2.45) is 5.41 Å². The molecule has 1 aliphatic rings. The fraction of sp³-hybridized carbons (Fsp3) is 0.600. The normalized spacial score (nSPS) is 19.4. The number of hydrogen-bond acceptors (Lipinski definition) is 3. The summed E-state index contributed by atoms with van der Waals surface area (Å²) in [5.74, 6) is 0. The molecule has 1 aliphatic heterocycles. The van der Waals surface area contributed by atoms with Crippen LogP contribution in [-0.2, 0) is 0 Å². The summed E-state index contributed by atoms with van der Waals surface area (Å²) in [4.78, 5) is 2.44. The van der Waals surface area contributed by atoms with Gasteiger partial charge in [-0.15, -0.1) is 0 Å². The lowest BCUT2D eigenvalue weighted by atomic mass is 9.80. The van der Waals surface area contributed by atoms with E-state index in [1.807, 2.05) is 18.2 Å². The molecule has 19 heavy (non-hydrogen) atoms. The van der Waals surface area contributed by atoms with Gasteiger partial charge in [-0.05, 0) is 17.7 Å². The molecule has 0 aliphatic carbocycles. The topological polar surface area (TPSA) is 35.5 Å². The molecule has 1 aromatic rings. The van der Waals surface area contributed by atoms with Crippen LogP contribution in [0.3, 0.4) is 0 Å². The molecule has 2 N–H and O–H groups in total. The Balaban J connectivity index is 2.33. The van der Waals surface area contributed by atoms with E-state index in [0.29, 0.717) is 0 Å². The van der Waals surface area contributed by atoms with Crippen LogP contribution in [0.1, 0.15) is 25.5 Å². The zero-order valence-electron chi connectivity index (χ0n) is 11.7. The van der Waals surface area contributed by atoms with Crippen LogP contribution in [0.4, 0.5) is 0 Å². The third kappa shape index (κ3) is 3.48. The molecule has 0 amide bonds. The highest BCUT2D eigenvalue weighted by Gasteiger charge is 2.35. The minimum atomic E-state index is -0.192. The molecule has 0 aromatic heterocycles. The van der Waals surface area contributed by atoms with Crippen LogP contribution in [0.25, 0.3) is 0 Å². The number of rotatable bonds is 4. The van der Waals surface area contributed by atoms with Crippen molar-refractivity contribution in [2.45, 2.75) is 19.9 Å². The number of benzene rings is 1. The van der Waals surface area contributed by atoms with Crippen molar-refractivity contribution in [3.63, 3.8) is 0 Å². The number of halogens is 1. The van der Waals surface area contributed by atoms with E-state index in [2.05, 4.69) is 30.1 Å². The molecule has 1 fully saturated rings. The molecule has 1 heterocycles. The fourth-order valence-corrected chi connectivity index (χ4v) is 3.06. The Bertz CT molecular complexity index is 416. The Hall–Kier alpha value is -0.610. The van der Waals surface area contributed by atoms with E-state index in [1.165, 1.54) is 5.56 Å². The summed E-state index contributed by atoms with van der Waals surface area (Å²) in [7, 11) is 0. The zero-order chi connectivity index (χ0) is 13.9. The zero-order valence-corrected chi connectivity index (χ0v) is 12.5. The van der Waals surface area contributed by atoms with Gasteiger partial charge in [-0.3, -0.25) is 4.90 Å². The second-order valence-corrected chi connectivity index (χ2v) is 6.33. The Labute approximate surface area is 120 Å². The van der Waals surface area contributed by atoms with Gasteiger partial charge in [0.2, 0.25) is 0 Å². The lowest BCUT2D eigenvalue weighted by Gasteiger charge is -2.43. The number of nitrogens with one attached hydrogen (secondary N) is 1. The summed E-state index contributed by atoms with van der Waals surface area (Å²) < 4.78 is 0. The van der Waals surface area contributed by atoms with Gasteiger partial charge in [0.25, 0.3) is 0 Å². The van der Waals surface area contributed by atoms with E-state index >= 15 is 0 Å². The van der Waals surface area contributed by atoms with Gasteiger partial charge in [0.1, 0.15) is 0 Å². The van der Waals surface area contributed by atoms with E-state index in [0.717, 1.165) is 31.2 Å². The lowest BCUT2D eigenvalue weighted by Crippen LogP contribution is -2.49. The largest absolute Gasteiger partial charge is 0.396 e. The number of nitrogens with zero attached hydrogens (tertiary/aromatic N) is 1. The number of hydrogen-bond donors (Lipinski definition) is 2. The predicted molar refractivity (Wildman–Crippen MR) is 79.5 cm³/mol. The van der Waals surface area contributed by atoms with Crippen molar-refractivity contribution in [3.05, 3.63) is 34.9 Å². The van der Waals surface area contributed by atoms with Gasteiger partial charge < -0.3 is 10.4 Å². The molecule has 1 aromatic carbocycles. The minimum absolute atomic E-state index is 0.161. The molecule has 4 heteroatoms. The van der Waals surface area contributed by atoms with Crippen LogP contribution < -0.4 is 5.32 Å². The monoisotopic (exact) mass is 282 g/mol. The molecule has 3 nitrogen and oxygen atoms in total. The molecule has 1 saturated heterocycles. The van der Waals surface area contributed by atoms with Gasteiger partial charge in [0.15, 0.2) is 0 Å². The third-order valence-corrected chi connectivity index (χ3v) is 4.06. The van der Waals surface area contributed by atoms with Crippen LogP contribution in [0, 0.1) is 5.41 Å². The van der Waals surface area contributed by atoms with Crippen molar-refractivity contribution >= 4 is 11.6 Å². The Morgan fingerprint density at radius 1 is 1.37 bits per heavy atom. The first kappa shape index (κ1) is 14.8. The van der Waals surface area contributed by atoms with E-state index in [4.69, 9.17) is 11.6 Å². The van der Waals surface area contributed by atoms with Gasteiger partial charge in [-0.1, -0.05) is 37.6 Å². The maximum absolute atomic E-state index is 9.75. The van der Waals surface area contributed by atoms with Gasteiger partial charge in [-0.2, -0.15) is 0 Å². The summed E-state index contributed by atoms with van der Waals surface area (Å²) in [6, 6.07) is 8.20. The Morgan fingerprint density at radius 2 is 2.05 bits per heavy atom. The molecule has 0 radical (unpaired) electrons. The summed E-state index contributed by atoms with van der Waals surface area (Å²) in [5, 5.41) is 13.9. The molecule has 0 saturated carbocycles. The third-order valence-electron chi connectivity index (χ3n) is 3.83. The summed E-state index contributed by atoms with van der Waals surface area (Å²) in [5.41, 5.74) is 0.996. The van der Waals surface area contributed by atoms with Crippen molar-refractivity contribution < 1.29 is 5.11 Å². The van der Waals surface area contributed by atoms with Gasteiger partial charge in [0.05, 0.1) is 0 Å². The molecule has 1 atom stereocenters. The van der Waals surface area contributed by atoms with Crippen LogP contribution >= 0.6 is 11.6 Å². The molecular formula is C15H23ClN2O. The Morgan fingerprint density at radius 3 is 2.63 bits per heavy atom. The van der Waals surface area contributed by atoms with Crippen molar-refractivity contribution in [1.82, 2.24) is 10.2 Å². The van der Waals surface area contributed by atoms with Crippen LogP contribution in [-0.4, -0.2) is 42.8 Å². The first-order valence-corrected chi connectivity index (χ1v) is 7.23. The van der Waals surface area contributed by atoms with Crippen LogP contribution in [0.5, 0.6) is 0 Å². The minimum Gasteiger partial charge on any atom is -0.396 e. The summed E-state index contributed by atoms with van der Waals surface area (Å²) >= 11 is 6.13. The first-order valence-electron chi connectivity index (χ1n) is 6.86. The first-order chi connectivity index (χ1) is 9.04. The molecule has 0 unspecified atom stereocenters. The second-order valence-electron chi connectivity index (χ2n) is 5.89. The number of piperazine rings is 1. The highest BCUT2D eigenvalue weighted by atomic mass is 35.5. The average molecular weight is 283 g/mol. The van der Waals surface area contributed by atoms with Crippen molar-refractivity contribution in [2.75, 3.05) is 32.8 Å². The molecule has 0 bridgehead atoms. The van der Waals surface area contributed by atoms with E-state index in [-0.39, 0.29) is 18.1 Å². The van der Waals surface area contributed by atoms with E-state index in [1.54, 1.807) is 0 Å². The highest BCUT2D eigenvalue weighted by Crippen LogP contribution is 2.38. The van der Waals surface area contributed by atoms with E-state index in [9.17, 15) is 5.11 Å². The van der Waals surface area contributed by atoms with E-state index < -0.39 is 0 Å². The summed E-state index contributed by atoms with van der Waals surface area (Å²) in [6.45, 7) is 8.38. The standard InChI is InChI=1S/C15H23ClN2O/c1-15(2,11-19)14(18-8-6-17-7-9-18)12-4-3-5-13(16)10-12/h3-5,10,14,17,19H,6-9,11H2,1-2H3/t14-/m0/s1. The average Bonchev–Trinajstić information content (AvgIpc) is 2.40. The quantitative estimate of drug-likeness (QED) is 0.890. The Kier molecular flexibility index (Phi) is 4.85. The van der Waals surface area contributed by atoms with Crippen LogP contribution in [0.2, 0.25) is 5.02 Å². The highest BCUT2D eigenvalue weighted by molar-refractivity contribution is 6.30. The fourth-order valence-electron chi connectivity index (χ4n) is 2.86. The molecule has 2 rings (SSSR count). The van der Waals surface area contributed by atoms with Gasteiger partial charge in [0, 0.05) is 49.3 Å². The number of aliphatic hydroxyl groups is 1. The SMILES string of the molecule is CC(C)(CO)[C@H](c1cccc(Cl)c1)N1CCNCC1. The maximum atomic E-state index is 9.75. The van der Waals surface area contributed by atoms with Crippen LogP contribution in [0.15, 0.2) is 24.3 Å². The van der Waals surface area contributed by atoms with Gasteiger partial charge >= 0.3 is 0 Å². The maximum Gasteiger partial charge on any atom is 0.0500 e. The number of aliphatic hydroxyl groups excluding tert-OH is 1. The predicted octanol–water partition coefficient (Wildman–Crippen LogP) is 2.30. The molecule has 106 valence electrons. The second kappa shape index (κ2) is 6.23.